The van der Waals surface area contributed by atoms with Crippen LogP contribution in [0.1, 0.15) is 49.1 Å². The van der Waals surface area contributed by atoms with Crippen LogP contribution in [0.2, 0.25) is 0 Å². The Bertz CT molecular complexity index is 493. The summed E-state index contributed by atoms with van der Waals surface area (Å²) in [6.07, 6.45) is 5.27. The van der Waals surface area contributed by atoms with Gasteiger partial charge >= 0.3 is 0 Å². The third-order valence-electron chi connectivity index (χ3n) is 5.08. The molecule has 1 aromatic rings. The first-order chi connectivity index (χ1) is 9.28. The Morgan fingerprint density at radius 1 is 1.05 bits per heavy atom. The number of hydrogen-bond donors (Lipinski definition) is 1. The van der Waals surface area contributed by atoms with E-state index in [1.807, 2.05) is 12.1 Å². The molecular formula is C16H20O3. The fourth-order valence-electron chi connectivity index (χ4n) is 4.21. The van der Waals surface area contributed by atoms with Crippen LogP contribution >= 0.6 is 0 Å². The first-order valence-electron chi connectivity index (χ1n) is 7.38. The second kappa shape index (κ2) is 4.05. The smallest absolute Gasteiger partial charge is 0.202 e. The molecule has 1 spiro atoms. The average Bonchev–Trinajstić information content (AvgIpc) is 2.91. The van der Waals surface area contributed by atoms with Crippen molar-refractivity contribution in [1.82, 2.24) is 0 Å². The van der Waals surface area contributed by atoms with Gasteiger partial charge in [0.05, 0.1) is 13.2 Å². The van der Waals surface area contributed by atoms with Gasteiger partial charge in [-0.1, -0.05) is 37.1 Å². The molecule has 0 aromatic heterocycles. The van der Waals surface area contributed by atoms with Gasteiger partial charge in [0.15, 0.2) is 5.60 Å². The maximum atomic E-state index is 11.4. The third kappa shape index (κ3) is 1.38. The van der Waals surface area contributed by atoms with Crippen LogP contribution in [0.15, 0.2) is 24.3 Å². The molecule has 3 heteroatoms. The molecule has 2 fully saturated rings. The summed E-state index contributed by atoms with van der Waals surface area (Å²) in [4.78, 5) is 0. The van der Waals surface area contributed by atoms with Crippen LogP contribution in [0.3, 0.4) is 0 Å². The molecule has 1 aromatic carbocycles. The number of hydrogen-bond acceptors (Lipinski definition) is 3. The van der Waals surface area contributed by atoms with E-state index in [9.17, 15) is 5.11 Å². The van der Waals surface area contributed by atoms with Crippen LogP contribution in [0.25, 0.3) is 0 Å². The third-order valence-corrected chi connectivity index (χ3v) is 5.08. The minimum Gasteiger partial charge on any atom is -0.379 e. The summed E-state index contributed by atoms with van der Waals surface area (Å²) in [6, 6.07) is 8.22. The summed E-state index contributed by atoms with van der Waals surface area (Å²) in [5, 5.41) is 11.4. The standard InChI is InChI=1S/C16H20O3/c17-16-13(12-6-3-4-8-14(12)16)7-2-1-5-9-15(16)18-10-11-19-15/h3-4,6,8,13,17H,1-2,5,7,9-11H2/t13-,16+/m0/s1. The van der Waals surface area contributed by atoms with Gasteiger partial charge in [0.25, 0.3) is 0 Å². The molecular weight excluding hydrogens is 240 g/mol. The molecule has 0 unspecified atom stereocenters. The lowest BCUT2D eigenvalue weighted by molar-refractivity contribution is -0.301. The molecule has 0 amide bonds. The topological polar surface area (TPSA) is 38.7 Å². The van der Waals surface area contributed by atoms with Crippen LogP contribution in [0.5, 0.6) is 0 Å². The molecule has 19 heavy (non-hydrogen) atoms. The Kier molecular flexibility index (Phi) is 2.53. The summed E-state index contributed by atoms with van der Waals surface area (Å²) >= 11 is 0. The Labute approximate surface area is 113 Å². The number of aliphatic hydroxyl groups is 1. The van der Waals surface area contributed by atoms with Crippen molar-refractivity contribution in [3.05, 3.63) is 35.4 Å². The van der Waals surface area contributed by atoms with Gasteiger partial charge in [0.1, 0.15) is 0 Å². The maximum absolute atomic E-state index is 11.4. The highest BCUT2D eigenvalue weighted by Gasteiger charge is 2.66. The molecule has 102 valence electrons. The van der Waals surface area contributed by atoms with Crippen molar-refractivity contribution in [3.8, 4) is 0 Å². The highest BCUT2D eigenvalue weighted by Crippen LogP contribution is 2.61. The van der Waals surface area contributed by atoms with Crippen LogP contribution in [-0.2, 0) is 15.1 Å². The van der Waals surface area contributed by atoms with E-state index in [1.54, 1.807) is 0 Å². The predicted molar refractivity (Wildman–Crippen MR) is 70.8 cm³/mol. The Morgan fingerprint density at radius 3 is 2.68 bits per heavy atom. The quantitative estimate of drug-likeness (QED) is 0.779. The van der Waals surface area contributed by atoms with Gasteiger partial charge in [-0.2, -0.15) is 0 Å². The van der Waals surface area contributed by atoms with Crippen molar-refractivity contribution in [2.24, 2.45) is 0 Å². The molecule has 1 aliphatic heterocycles. The number of fused-ring (bicyclic) bond motifs is 5. The van der Waals surface area contributed by atoms with E-state index in [-0.39, 0.29) is 5.92 Å². The molecule has 1 saturated heterocycles. The van der Waals surface area contributed by atoms with Crippen molar-refractivity contribution in [2.45, 2.75) is 49.4 Å². The van der Waals surface area contributed by atoms with Crippen molar-refractivity contribution in [2.75, 3.05) is 13.2 Å². The van der Waals surface area contributed by atoms with Gasteiger partial charge in [-0.3, -0.25) is 0 Å². The van der Waals surface area contributed by atoms with Gasteiger partial charge in [-0.15, -0.1) is 0 Å². The zero-order valence-electron chi connectivity index (χ0n) is 11.1. The van der Waals surface area contributed by atoms with Gasteiger partial charge < -0.3 is 14.6 Å². The summed E-state index contributed by atoms with van der Waals surface area (Å²) in [6.45, 7) is 1.19. The molecule has 3 aliphatic rings. The normalized spacial score (nSPS) is 35.9. The zero-order valence-corrected chi connectivity index (χ0v) is 11.1. The zero-order chi connectivity index (χ0) is 12.9. The highest BCUT2D eigenvalue weighted by molar-refractivity contribution is 5.50. The Morgan fingerprint density at radius 2 is 1.84 bits per heavy atom. The van der Waals surface area contributed by atoms with E-state index in [4.69, 9.17) is 9.47 Å². The molecule has 0 radical (unpaired) electrons. The van der Waals surface area contributed by atoms with E-state index >= 15 is 0 Å². The molecule has 2 atom stereocenters. The summed E-state index contributed by atoms with van der Waals surface area (Å²) in [5.41, 5.74) is 1.36. The Hall–Kier alpha value is -0.900. The highest BCUT2D eigenvalue weighted by atomic mass is 16.7. The van der Waals surface area contributed by atoms with E-state index in [0.29, 0.717) is 13.2 Å². The van der Waals surface area contributed by atoms with Gasteiger partial charge in [0, 0.05) is 12.3 Å². The van der Waals surface area contributed by atoms with Crippen molar-refractivity contribution < 1.29 is 14.6 Å². The van der Waals surface area contributed by atoms with Crippen LogP contribution < -0.4 is 0 Å². The lowest BCUT2D eigenvalue weighted by Gasteiger charge is -2.56. The van der Waals surface area contributed by atoms with Gasteiger partial charge in [0.2, 0.25) is 5.79 Å². The van der Waals surface area contributed by atoms with Crippen molar-refractivity contribution >= 4 is 0 Å². The number of rotatable bonds is 0. The second-order valence-corrected chi connectivity index (χ2v) is 5.96. The largest absolute Gasteiger partial charge is 0.379 e. The van der Waals surface area contributed by atoms with E-state index in [1.165, 1.54) is 18.4 Å². The molecule has 0 bridgehead atoms. The van der Waals surface area contributed by atoms with Crippen LogP contribution in [-0.4, -0.2) is 24.1 Å². The van der Waals surface area contributed by atoms with Crippen LogP contribution in [0.4, 0.5) is 0 Å². The molecule has 3 nitrogen and oxygen atoms in total. The number of ether oxygens (including phenoxy) is 2. The van der Waals surface area contributed by atoms with Gasteiger partial charge in [-0.05, 0) is 24.0 Å². The second-order valence-electron chi connectivity index (χ2n) is 5.96. The molecule has 1 N–H and O–H groups in total. The lowest BCUT2D eigenvalue weighted by Crippen LogP contribution is -2.62. The molecule has 2 aliphatic carbocycles. The van der Waals surface area contributed by atoms with Crippen molar-refractivity contribution in [1.29, 1.82) is 0 Å². The summed E-state index contributed by atoms with van der Waals surface area (Å²) < 4.78 is 11.9. The Balaban J connectivity index is 1.85. The lowest BCUT2D eigenvalue weighted by atomic mass is 9.57. The fourth-order valence-corrected chi connectivity index (χ4v) is 4.21. The molecule has 1 saturated carbocycles. The predicted octanol–water partition coefficient (Wildman–Crippen LogP) is 2.68. The van der Waals surface area contributed by atoms with Crippen molar-refractivity contribution in [3.63, 3.8) is 0 Å². The van der Waals surface area contributed by atoms with E-state index in [2.05, 4.69) is 12.1 Å². The maximum Gasteiger partial charge on any atom is 0.202 e. The number of benzene rings is 1. The fraction of sp³-hybridized carbons (Fsp3) is 0.625. The molecule has 4 rings (SSSR count). The van der Waals surface area contributed by atoms with Gasteiger partial charge in [-0.25, -0.2) is 0 Å². The minimum atomic E-state index is -0.944. The first-order valence-corrected chi connectivity index (χ1v) is 7.38. The first kappa shape index (κ1) is 11.9. The summed E-state index contributed by atoms with van der Waals surface area (Å²) in [7, 11) is 0. The van der Waals surface area contributed by atoms with E-state index < -0.39 is 11.4 Å². The van der Waals surface area contributed by atoms with E-state index in [0.717, 1.165) is 24.8 Å². The average molecular weight is 260 g/mol. The SMILES string of the molecule is O[C@@]12c3ccccc3[C@@H]1CCCCCC21OCCO1. The minimum absolute atomic E-state index is 0.169. The summed E-state index contributed by atoms with van der Waals surface area (Å²) in [5.74, 6) is -0.631. The monoisotopic (exact) mass is 260 g/mol. The van der Waals surface area contributed by atoms with Crippen LogP contribution in [0, 0.1) is 0 Å². The molecule has 1 heterocycles.